The van der Waals surface area contributed by atoms with Crippen LogP contribution in [-0.2, 0) is 10.3 Å². The zero-order valence-electron chi connectivity index (χ0n) is 19.3. The van der Waals surface area contributed by atoms with E-state index in [2.05, 4.69) is 15.2 Å². The van der Waals surface area contributed by atoms with E-state index >= 15 is 0 Å². The van der Waals surface area contributed by atoms with Crippen LogP contribution in [0.5, 0.6) is 0 Å². The number of amides is 1. The van der Waals surface area contributed by atoms with Crippen molar-refractivity contribution in [2.75, 3.05) is 13.1 Å². The molecule has 0 radical (unpaired) electrons. The summed E-state index contributed by atoms with van der Waals surface area (Å²) in [5.74, 6) is -0.0533. The molecule has 1 amide bonds. The molecule has 1 N–H and O–H groups in total. The normalized spacial score (nSPS) is 25.9. The maximum absolute atomic E-state index is 13.5. The van der Waals surface area contributed by atoms with E-state index in [1.165, 1.54) is 12.1 Å². The lowest BCUT2D eigenvalue weighted by molar-refractivity contribution is -0.00845. The van der Waals surface area contributed by atoms with E-state index in [4.69, 9.17) is 4.74 Å². The Morgan fingerprint density at radius 3 is 2.36 bits per heavy atom. The van der Waals surface area contributed by atoms with E-state index in [1.54, 1.807) is 41.6 Å². The summed E-state index contributed by atoms with van der Waals surface area (Å²) in [4.78, 5) is 18.2. The second-order valence-corrected chi connectivity index (χ2v) is 9.91. The molecular weight excluding hydrogens is 423 g/mol. The average molecular weight is 455 g/mol. The van der Waals surface area contributed by atoms with Crippen LogP contribution >= 0.6 is 0 Å². The van der Waals surface area contributed by atoms with Crippen molar-refractivity contribution in [3.63, 3.8) is 0 Å². The molecule has 33 heavy (non-hydrogen) atoms. The van der Waals surface area contributed by atoms with Gasteiger partial charge < -0.3 is 14.7 Å². The summed E-state index contributed by atoms with van der Waals surface area (Å²) in [6.45, 7) is 6.80. The third kappa shape index (κ3) is 5.05. The standard InChI is InChI=1S/C25H31FN4O3/c1-24(2,3)33-23(31)30-14-10-17(11-15-30)16-21-25(32,19-8-12-27-13-9-19)22(29-28-21)18-4-6-20(26)7-5-18/h4-9,12-13,17,21-22,32H,10-11,14-16H2,1-3H3. The lowest BCUT2D eigenvalue weighted by atomic mass is 9.75. The van der Waals surface area contributed by atoms with E-state index in [-0.39, 0.29) is 17.8 Å². The quantitative estimate of drug-likeness (QED) is 0.703. The van der Waals surface area contributed by atoms with Gasteiger partial charge in [-0.2, -0.15) is 10.2 Å². The smallest absolute Gasteiger partial charge is 0.410 e. The molecule has 3 heterocycles. The zero-order chi connectivity index (χ0) is 23.6. The number of hydrogen-bond donors (Lipinski definition) is 1. The topological polar surface area (TPSA) is 87.4 Å². The monoisotopic (exact) mass is 454 g/mol. The summed E-state index contributed by atoms with van der Waals surface area (Å²) >= 11 is 0. The molecular formula is C25H31FN4O3. The largest absolute Gasteiger partial charge is 0.444 e. The predicted octanol–water partition coefficient (Wildman–Crippen LogP) is 5.02. The number of hydrogen-bond acceptors (Lipinski definition) is 6. The Morgan fingerprint density at radius 2 is 1.76 bits per heavy atom. The van der Waals surface area contributed by atoms with E-state index in [0.29, 0.717) is 30.6 Å². The third-order valence-corrected chi connectivity index (χ3v) is 6.40. The number of carbonyl (C=O) groups excluding carboxylic acids is 1. The van der Waals surface area contributed by atoms with Gasteiger partial charge in [0.25, 0.3) is 0 Å². The number of rotatable bonds is 4. The Morgan fingerprint density at radius 1 is 1.12 bits per heavy atom. The van der Waals surface area contributed by atoms with Gasteiger partial charge in [-0.15, -0.1) is 0 Å². The van der Waals surface area contributed by atoms with Gasteiger partial charge in [-0.05, 0) is 81.3 Å². The second-order valence-electron chi connectivity index (χ2n) is 9.91. The number of likely N-dealkylation sites (tertiary alicyclic amines) is 1. The van der Waals surface area contributed by atoms with Crippen LogP contribution in [0.4, 0.5) is 9.18 Å². The van der Waals surface area contributed by atoms with Crippen LogP contribution in [0.1, 0.15) is 57.2 Å². The number of ether oxygens (including phenoxy) is 1. The first kappa shape index (κ1) is 23.3. The number of aromatic nitrogens is 1. The van der Waals surface area contributed by atoms with Gasteiger partial charge in [-0.3, -0.25) is 4.98 Å². The summed E-state index contributed by atoms with van der Waals surface area (Å²) in [5.41, 5.74) is -0.479. The fourth-order valence-electron chi connectivity index (χ4n) is 4.66. The van der Waals surface area contributed by atoms with Crippen LogP contribution in [0.25, 0.3) is 0 Å². The minimum absolute atomic E-state index is 0.285. The molecule has 4 rings (SSSR count). The molecule has 0 bridgehead atoms. The molecule has 176 valence electrons. The first-order chi connectivity index (χ1) is 15.7. The zero-order valence-corrected chi connectivity index (χ0v) is 19.3. The average Bonchev–Trinajstić information content (AvgIpc) is 3.11. The van der Waals surface area contributed by atoms with Crippen molar-refractivity contribution in [2.45, 2.75) is 63.3 Å². The van der Waals surface area contributed by atoms with Gasteiger partial charge in [0, 0.05) is 25.5 Å². The van der Waals surface area contributed by atoms with Crippen molar-refractivity contribution in [1.29, 1.82) is 0 Å². The van der Waals surface area contributed by atoms with Crippen molar-refractivity contribution < 1.29 is 19.0 Å². The molecule has 3 atom stereocenters. The summed E-state index contributed by atoms with van der Waals surface area (Å²) in [5, 5.41) is 21.0. The molecule has 8 heteroatoms. The molecule has 3 unspecified atom stereocenters. The summed E-state index contributed by atoms with van der Waals surface area (Å²) in [6, 6.07) is 8.52. The van der Waals surface area contributed by atoms with Crippen LogP contribution in [0.2, 0.25) is 0 Å². The molecule has 0 aliphatic carbocycles. The molecule has 1 aromatic heterocycles. The van der Waals surface area contributed by atoms with Crippen molar-refractivity contribution in [2.24, 2.45) is 16.1 Å². The van der Waals surface area contributed by atoms with Crippen molar-refractivity contribution in [1.82, 2.24) is 9.88 Å². The van der Waals surface area contributed by atoms with E-state index in [9.17, 15) is 14.3 Å². The highest BCUT2D eigenvalue weighted by atomic mass is 19.1. The maximum Gasteiger partial charge on any atom is 0.410 e. The van der Waals surface area contributed by atoms with Crippen LogP contribution in [-0.4, -0.2) is 45.8 Å². The van der Waals surface area contributed by atoms with Gasteiger partial charge in [-0.25, -0.2) is 9.18 Å². The Bertz CT molecular complexity index is 985. The summed E-state index contributed by atoms with van der Waals surface area (Å²) in [7, 11) is 0. The van der Waals surface area contributed by atoms with E-state index < -0.39 is 23.3 Å². The van der Waals surface area contributed by atoms with Crippen molar-refractivity contribution in [3.8, 4) is 0 Å². The summed E-state index contributed by atoms with van der Waals surface area (Å²) < 4.78 is 19.0. The third-order valence-electron chi connectivity index (χ3n) is 6.40. The minimum atomic E-state index is -1.36. The van der Waals surface area contributed by atoms with Gasteiger partial charge in [0.1, 0.15) is 29.1 Å². The number of benzene rings is 1. The van der Waals surface area contributed by atoms with Crippen LogP contribution < -0.4 is 0 Å². The van der Waals surface area contributed by atoms with Gasteiger partial charge >= 0.3 is 6.09 Å². The predicted molar refractivity (Wildman–Crippen MR) is 121 cm³/mol. The number of carbonyl (C=O) groups is 1. The highest BCUT2D eigenvalue weighted by molar-refractivity contribution is 5.68. The lowest BCUT2D eigenvalue weighted by Crippen LogP contribution is -2.44. The maximum atomic E-state index is 13.5. The van der Waals surface area contributed by atoms with Crippen LogP contribution in [0, 0.1) is 11.7 Å². The number of azo groups is 1. The highest BCUT2D eigenvalue weighted by Gasteiger charge is 2.51. The molecule has 2 aliphatic rings. The first-order valence-electron chi connectivity index (χ1n) is 11.4. The molecule has 7 nitrogen and oxygen atoms in total. The molecule has 1 aromatic carbocycles. The number of aliphatic hydroxyl groups is 1. The van der Waals surface area contributed by atoms with Gasteiger partial charge in [0.2, 0.25) is 0 Å². The Hall–Kier alpha value is -2.87. The van der Waals surface area contributed by atoms with E-state index in [0.717, 1.165) is 12.8 Å². The highest BCUT2D eigenvalue weighted by Crippen LogP contribution is 2.49. The first-order valence-corrected chi connectivity index (χ1v) is 11.4. The second kappa shape index (κ2) is 9.17. The number of halogens is 1. The molecule has 2 aliphatic heterocycles. The molecule has 1 saturated heterocycles. The van der Waals surface area contributed by atoms with Crippen LogP contribution in [0.3, 0.4) is 0 Å². The Labute approximate surface area is 193 Å². The molecule has 2 aromatic rings. The Kier molecular flexibility index (Phi) is 6.47. The molecule has 0 spiro atoms. The van der Waals surface area contributed by atoms with Crippen molar-refractivity contribution >= 4 is 6.09 Å². The van der Waals surface area contributed by atoms with E-state index in [1.807, 2.05) is 20.8 Å². The molecule has 0 saturated carbocycles. The fraction of sp³-hybridized carbons (Fsp3) is 0.520. The number of pyridine rings is 1. The lowest BCUT2D eigenvalue weighted by Gasteiger charge is -2.37. The van der Waals surface area contributed by atoms with Gasteiger partial charge in [-0.1, -0.05) is 12.1 Å². The Balaban J connectivity index is 1.49. The fourth-order valence-corrected chi connectivity index (χ4v) is 4.66. The number of nitrogens with zero attached hydrogens (tertiary/aromatic N) is 4. The van der Waals surface area contributed by atoms with Gasteiger partial charge in [0.15, 0.2) is 0 Å². The van der Waals surface area contributed by atoms with Crippen LogP contribution in [0.15, 0.2) is 59.0 Å². The van der Waals surface area contributed by atoms with Gasteiger partial charge in [0.05, 0.1) is 0 Å². The van der Waals surface area contributed by atoms with Crippen molar-refractivity contribution in [3.05, 3.63) is 65.7 Å². The number of piperidine rings is 1. The SMILES string of the molecule is CC(C)(C)OC(=O)N1CCC(CC2N=NC(c3ccc(F)cc3)C2(O)c2ccncc2)CC1. The summed E-state index contributed by atoms with van der Waals surface area (Å²) in [6.07, 6.45) is 5.25. The molecule has 1 fully saturated rings. The minimum Gasteiger partial charge on any atom is -0.444 e.